The second-order valence-corrected chi connectivity index (χ2v) is 1.29. The van der Waals surface area contributed by atoms with Gasteiger partial charge in [-0.25, -0.2) is 0 Å². The molecule has 0 saturated heterocycles. The van der Waals surface area contributed by atoms with E-state index in [0.29, 0.717) is 12.3 Å². The van der Waals surface area contributed by atoms with Crippen molar-refractivity contribution in [1.29, 1.82) is 5.41 Å². The molecule has 0 aliphatic carbocycles. The van der Waals surface area contributed by atoms with E-state index < -0.39 is 11.9 Å². The quantitative estimate of drug-likeness (QED) is 0.522. The Morgan fingerprint density at radius 3 is 2.00 bits per heavy atom. The highest BCUT2D eigenvalue weighted by atomic mass is 19.4. The molecule has 0 fully saturated rings. The number of hydrogen-bond acceptors (Lipinski definition) is 2. The Morgan fingerprint density at radius 2 is 1.89 bits per heavy atom. The van der Waals surface area contributed by atoms with Crippen LogP contribution in [-0.2, 0) is 0 Å². The molecule has 0 saturated carbocycles. The van der Waals surface area contributed by atoms with Crippen molar-refractivity contribution < 1.29 is 13.2 Å². The molecule has 2 nitrogen and oxygen atoms in total. The maximum Gasteiger partial charge on any atom is 0.430 e. The van der Waals surface area contributed by atoms with Crippen molar-refractivity contribution in [3.8, 4) is 0 Å². The van der Waals surface area contributed by atoms with E-state index in [2.05, 4.69) is 5.73 Å². The van der Waals surface area contributed by atoms with Crippen molar-refractivity contribution in [2.24, 2.45) is 5.73 Å². The Balaban J connectivity index is 4.19. The Hall–Kier alpha value is -1.00. The van der Waals surface area contributed by atoms with Crippen molar-refractivity contribution in [1.82, 2.24) is 0 Å². The Morgan fingerprint density at radius 1 is 1.44 bits per heavy atom. The lowest BCUT2D eigenvalue weighted by molar-refractivity contribution is -0.0925. The van der Waals surface area contributed by atoms with Gasteiger partial charge in [0.1, 0.15) is 5.70 Å². The van der Waals surface area contributed by atoms with Crippen molar-refractivity contribution >= 4 is 6.21 Å². The van der Waals surface area contributed by atoms with Gasteiger partial charge in [0.05, 0.1) is 0 Å². The number of alkyl halides is 3. The zero-order valence-electron chi connectivity index (χ0n) is 4.37. The molecule has 0 heterocycles. The Labute approximate surface area is 49.7 Å². The number of hydrogen-bond donors (Lipinski definition) is 2. The molecule has 0 aromatic heterocycles. The van der Waals surface area contributed by atoms with Gasteiger partial charge in [-0.2, -0.15) is 13.2 Å². The fourth-order valence-electron chi connectivity index (χ4n) is 0.184. The minimum Gasteiger partial charge on any atom is -0.395 e. The average molecular weight is 138 g/mol. The van der Waals surface area contributed by atoms with Crippen molar-refractivity contribution in [3.63, 3.8) is 0 Å². The summed E-state index contributed by atoms with van der Waals surface area (Å²) in [5.74, 6) is 0. The van der Waals surface area contributed by atoms with E-state index in [4.69, 9.17) is 5.41 Å². The van der Waals surface area contributed by atoms with E-state index in [1.165, 1.54) is 0 Å². The summed E-state index contributed by atoms with van der Waals surface area (Å²) in [7, 11) is 0. The highest BCUT2D eigenvalue weighted by molar-refractivity contribution is 5.68. The molecule has 0 aliphatic heterocycles. The van der Waals surface area contributed by atoms with Gasteiger partial charge in [0, 0.05) is 6.21 Å². The lowest BCUT2D eigenvalue weighted by Gasteiger charge is -2.03. The monoisotopic (exact) mass is 138 g/mol. The van der Waals surface area contributed by atoms with Crippen LogP contribution in [0.3, 0.4) is 0 Å². The summed E-state index contributed by atoms with van der Waals surface area (Å²) in [4.78, 5) is 0. The summed E-state index contributed by atoms with van der Waals surface area (Å²) in [5.41, 5.74) is 3.19. The van der Waals surface area contributed by atoms with Gasteiger partial charge in [0.15, 0.2) is 0 Å². The minimum absolute atomic E-state index is 0.486. The molecule has 0 radical (unpaired) electrons. The van der Waals surface area contributed by atoms with E-state index in [0.717, 1.165) is 0 Å². The van der Waals surface area contributed by atoms with Gasteiger partial charge < -0.3 is 11.1 Å². The van der Waals surface area contributed by atoms with Gasteiger partial charge in [0.2, 0.25) is 0 Å². The number of allylic oxidation sites excluding steroid dienone is 2. The molecule has 5 heteroatoms. The van der Waals surface area contributed by atoms with Gasteiger partial charge in [-0.15, -0.1) is 0 Å². The molecule has 0 aromatic carbocycles. The average Bonchev–Trinajstić information content (AvgIpc) is 1.64. The largest absolute Gasteiger partial charge is 0.430 e. The van der Waals surface area contributed by atoms with Crippen LogP contribution >= 0.6 is 0 Å². The number of nitrogens with one attached hydrogen (secondary N) is 1. The molecule has 52 valence electrons. The molecule has 0 spiro atoms. The van der Waals surface area contributed by atoms with E-state index in [1.54, 1.807) is 0 Å². The predicted octanol–water partition coefficient (Wildman–Crippen LogP) is 1.04. The molecule has 9 heavy (non-hydrogen) atoms. The highest BCUT2D eigenvalue weighted by Crippen LogP contribution is 2.20. The van der Waals surface area contributed by atoms with Crippen molar-refractivity contribution in [3.05, 3.63) is 11.8 Å². The first-order valence-corrected chi connectivity index (χ1v) is 2.02. The molecular weight excluding hydrogens is 133 g/mol. The maximum absolute atomic E-state index is 11.3. The van der Waals surface area contributed by atoms with E-state index >= 15 is 0 Å². The normalized spacial score (nSPS) is 13.4. The van der Waals surface area contributed by atoms with Crippen molar-refractivity contribution in [2.45, 2.75) is 6.18 Å². The number of nitrogens with two attached hydrogens (primary N) is 1. The summed E-state index contributed by atoms with van der Waals surface area (Å²) < 4.78 is 34.0. The smallest absolute Gasteiger partial charge is 0.395 e. The standard InChI is InChI=1S/C4H5F3N2/c5-4(6,7)3(9)1-2-8/h1-2,8H,9H2. The van der Waals surface area contributed by atoms with Crippen LogP contribution in [-0.4, -0.2) is 12.4 Å². The van der Waals surface area contributed by atoms with Crippen LogP contribution in [0.15, 0.2) is 11.8 Å². The van der Waals surface area contributed by atoms with Gasteiger partial charge in [-0.05, 0) is 6.08 Å². The fraction of sp³-hybridized carbons (Fsp3) is 0.250. The first-order valence-electron chi connectivity index (χ1n) is 2.02. The third-order valence-corrected chi connectivity index (χ3v) is 0.590. The van der Waals surface area contributed by atoms with Gasteiger partial charge in [0.25, 0.3) is 0 Å². The Bertz CT molecular complexity index is 135. The first-order chi connectivity index (χ1) is 3.98. The minimum atomic E-state index is -4.50. The summed E-state index contributed by atoms with van der Waals surface area (Å²) in [6, 6.07) is 0. The van der Waals surface area contributed by atoms with Crippen LogP contribution in [0.5, 0.6) is 0 Å². The number of halogens is 3. The number of rotatable bonds is 1. The zero-order valence-corrected chi connectivity index (χ0v) is 4.37. The second kappa shape index (κ2) is 2.52. The van der Waals surface area contributed by atoms with Gasteiger partial charge in [-0.3, -0.25) is 0 Å². The van der Waals surface area contributed by atoms with Gasteiger partial charge in [-0.1, -0.05) is 0 Å². The third kappa shape index (κ3) is 2.73. The highest BCUT2D eigenvalue weighted by Gasteiger charge is 2.30. The third-order valence-electron chi connectivity index (χ3n) is 0.590. The molecule has 0 bridgehead atoms. The summed E-state index contributed by atoms with van der Waals surface area (Å²) >= 11 is 0. The molecule has 0 aromatic rings. The molecular formula is C4H5F3N2. The molecule has 3 N–H and O–H groups in total. The van der Waals surface area contributed by atoms with Crippen LogP contribution in [0.25, 0.3) is 0 Å². The van der Waals surface area contributed by atoms with Crippen LogP contribution in [0.2, 0.25) is 0 Å². The van der Waals surface area contributed by atoms with Crippen LogP contribution in [0, 0.1) is 5.41 Å². The van der Waals surface area contributed by atoms with Crippen molar-refractivity contribution in [2.75, 3.05) is 0 Å². The van der Waals surface area contributed by atoms with Crippen LogP contribution < -0.4 is 5.73 Å². The fourth-order valence-corrected chi connectivity index (χ4v) is 0.184. The molecule has 0 rings (SSSR count). The molecule has 0 amide bonds. The summed E-state index contributed by atoms with van der Waals surface area (Å²) in [6.07, 6.45) is -3.53. The maximum atomic E-state index is 11.3. The van der Waals surface area contributed by atoms with E-state index in [9.17, 15) is 13.2 Å². The van der Waals surface area contributed by atoms with Crippen LogP contribution in [0.4, 0.5) is 13.2 Å². The molecule has 0 aliphatic rings. The zero-order chi connectivity index (χ0) is 7.49. The Kier molecular flexibility index (Phi) is 2.24. The lowest BCUT2D eigenvalue weighted by Crippen LogP contribution is -2.19. The summed E-state index contributed by atoms with van der Waals surface area (Å²) in [5, 5.41) is 6.23. The van der Waals surface area contributed by atoms with E-state index in [1.807, 2.05) is 0 Å². The molecule has 0 unspecified atom stereocenters. The molecule has 0 atom stereocenters. The van der Waals surface area contributed by atoms with Crippen LogP contribution in [0.1, 0.15) is 0 Å². The lowest BCUT2D eigenvalue weighted by atomic mass is 10.4. The topological polar surface area (TPSA) is 49.9 Å². The van der Waals surface area contributed by atoms with E-state index in [-0.39, 0.29) is 0 Å². The predicted molar refractivity (Wildman–Crippen MR) is 27.1 cm³/mol. The SMILES string of the molecule is N=CC=C(N)C(F)(F)F. The first kappa shape index (κ1) is 8.00. The second-order valence-electron chi connectivity index (χ2n) is 1.29. The summed E-state index contributed by atoms with van der Waals surface area (Å²) in [6.45, 7) is 0. The van der Waals surface area contributed by atoms with Gasteiger partial charge >= 0.3 is 6.18 Å².